The number of rotatable bonds is 3. The van der Waals surface area contributed by atoms with Crippen molar-refractivity contribution in [3.8, 4) is 0 Å². The molecule has 1 aromatic heterocycles. The molecule has 14 heavy (non-hydrogen) atoms. The fourth-order valence-electron chi connectivity index (χ4n) is 1.71. The van der Waals surface area contributed by atoms with E-state index < -0.39 is 0 Å². The molecule has 0 bridgehead atoms. The van der Waals surface area contributed by atoms with Crippen LogP contribution in [0.3, 0.4) is 0 Å². The minimum atomic E-state index is 0.816. The molecule has 74 valence electrons. The zero-order chi connectivity index (χ0) is 9.64. The van der Waals surface area contributed by atoms with Crippen LogP contribution in [0, 0.1) is 5.92 Å². The van der Waals surface area contributed by atoms with Gasteiger partial charge in [-0.2, -0.15) is 0 Å². The zero-order valence-electron chi connectivity index (χ0n) is 8.19. The number of hydrogen-bond donors (Lipinski definition) is 1. The maximum atomic E-state index is 3.96. The van der Waals surface area contributed by atoms with Gasteiger partial charge in [-0.05, 0) is 31.8 Å². The third-order valence-electron chi connectivity index (χ3n) is 2.52. The Morgan fingerprint density at radius 2 is 2.29 bits per heavy atom. The average Bonchev–Trinajstić information content (AvgIpc) is 2.72. The minimum Gasteiger partial charge on any atom is -0.316 e. The quantitative estimate of drug-likeness (QED) is 0.782. The Kier molecular flexibility index (Phi) is 3.24. The monoisotopic (exact) mass is 189 g/mol. The van der Waals surface area contributed by atoms with Crippen LogP contribution in [0.25, 0.3) is 6.08 Å². The number of allylic oxidation sites excluding steroid dienone is 1. The Balaban J connectivity index is 1.82. The highest BCUT2D eigenvalue weighted by Crippen LogP contribution is 2.13. The summed E-state index contributed by atoms with van der Waals surface area (Å²) in [6.07, 6.45) is 12.0. The second-order valence-electron chi connectivity index (χ2n) is 3.67. The lowest BCUT2D eigenvalue weighted by molar-refractivity contribution is 0.594. The molecule has 3 nitrogen and oxygen atoms in total. The van der Waals surface area contributed by atoms with E-state index in [1.165, 1.54) is 13.0 Å². The van der Waals surface area contributed by atoms with Gasteiger partial charge < -0.3 is 5.32 Å². The maximum absolute atomic E-state index is 3.96. The second-order valence-corrected chi connectivity index (χ2v) is 3.67. The molecule has 3 heteroatoms. The van der Waals surface area contributed by atoms with Crippen LogP contribution in [0.4, 0.5) is 0 Å². The molecule has 0 radical (unpaired) electrons. The molecular weight excluding hydrogens is 174 g/mol. The van der Waals surface area contributed by atoms with Crippen LogP contribution in [-0.4, -0.2) is 23.1 Å². The smallest absolute Gasteiger partial charge is 0.115 e. The molecule has 2 rings (SSSR count). The van der Waals surface area contributed by atoms with E-state index in [2.05, 4.69) is 27.4 Å². The first kappa shape index (κ1) is 9.34. The van der Waals surface area contributed by atoms with Gasteiger partial charge in [0.2, 0.25) is 0 Å². The van der Waals surface area contributed by atoms with Crippen LogP contribution in [0.1, 0.15) is 18.4 Å². The van der Waals surface area contributed by atoms with E-state index in [4.69, 9.17) is 0 Å². The minimum absolute atomic E-state index is 0.816. The van der Waals surface area contributed by atoms with Gasteiger partial charge in [0.15, 0.2) is 0 Å². The van der Waals surface area contributed by atoms with E-state index >= 15 is 0 Å². The van der Waals surface area contributed by atoms with Crippen LogP contribution < -0.4 is 5.32 Å². The summed E-state index contributed by atoms with van der Waals surface area (Å²) in [4.78, 5) is 7.92. The summed E-state index contributed by atoms with van der Waals surface area (Å²) >= 11 is 0. The first-order valence-electron chi connectivity index (χ1n) is 5.07. The lowest BCUT2D eigenvalue weighted by Crippen LogP contribution is -2.08. The summed E-state index contributed by atoms with van der Waals surface area (Å²) < 4.78 is 0. The Bertz CT molecular complexity index is 289. The summed E-state index contributed by atoms with van der Waals surface area (Å²) in [5.74, 6) is 0.816. The van der Waals surface area contributed by atoms with Gasteiger partial charge in [0, 0.05) is 18.0 Å². The van der Waals surface area contributed by atoms with E-state index in [1.54, 1.807) is 6.33 Å². The Labute approximate surface area is 84.3 Å². The molecule has 1 fully saturated rings. The van der Waals surface area contributed by atoms with Crippen LogP contribution in [-0.2, 0) is 0 Å². The summed E-state index contributed by atoms with van der Waals surface area (Å²) in [5, 5.41) is 3.36. The predicted molar refractivity (Wildman–Crippen MR) is 56.7 cm³/mol. The number of nitrogens with zero attached hydrogens (tertiary/aromatic N) is 2. The normalized spacial score (nSPS) is 21.9. The lowest BCUT2D eigenvalue weighted by atomic mass is 10.0. The highest BCUT2D eigenvalue weighted by molar-refractivity contribution is 5.45. The predicted octanol–water partition coefficient (Wildman–Crippen LogP) is 1.49. The van der Waals surface area contributed by atoms with E-state index in [1.807, 2.05) is 12.4 Å². The molecular formula is C11H15N3. The summed E-state index contributed by atoms with van der Waals surface area (Å²) in [7, 11) is 0. The third-order valence-corrected chi connectivity index (χ3v) is 2.52. The number of hydrogen-bond acceptors (Lipinski definition) is 3. The molecule has 0 amide bonds. The molecule has 1 N–H and O–H groups in total. The average molecular weight is 189 g/mol. The van der Waals surface area contributed by atoms with Crippen molar-refractivity contribution in [2.24, 2.45) is 5.92 Å². The molecule has 1 unspecified atom stereocenters. The fraction of sp³-hybridized carbons (Fsp3) is 0.455. The number of nitrogens with one attached hydrogen (secondary N) is 1. The molecule has 0 aromatic carbocycles. The van der Waals surface area contributed by atoms with Crippen LogP contribution >= 0.6 is 0 Å². The first-order chi connectivity index (χ1) is 6.95. The van der Waals surface area contributed by atoms with Gasteiger partial charge >= 0.3 is 0 Å². The van der Waals surface area contributed by atoms with Gasteiger partial charge in [0.05, 0.1) is 0 Å². The molecule has 0 aliphatic carbocycles. The first-order valence-corrected chi connectivity index (χ1v) is 5.07. The van der Waals surface area contributed by atoms with Crippen molar-refractivity contribution in [2.75, 3.05) is 13.1 Å². The van der Waals surface area contributed by atoms with Crippen LogP contribution in [0.5, 0.6) is 0 Å². The summed E-state index contributed by atoms with van der Waals surface area (Å²) in [5.41, 5.74) is 1.08. The third kappa shape index (κ3) is 2.64. The summed E-state index contributed by atoms with van der Waals surface area (Å²) in [6, 6.07) is 0. The summed E-state index contributed by atoms with van der Waals surface area (Å²) in [6.45, 7) is 2.34. The van der Waals surface area contributed by atoms with Gasteiger partial charge in [-0.1, -0.05) is 12.2 Å². The highest BCUT2D eigenvalue weighted by Gasteiger charge is 2.11. The SMILES string of the molecule is C(=Cc1cncnc1)CC1CCNC1. The maximum Gasteiger partial charge on any atom is 0.115 e. The van der Waals surface area contributed by atoms with Crippen LogP contribution in [0.15, 0.2) is 24.8 Å². The molecule has 1 aromatic rings. The van der Waals surface area contributed by atoms with Crippen molar-refractivity contribution in [3.63, 3.8) is 0 Å². The van der Waals surface area contributed by atoms with Crippen molar-refractivity contribution < 1.29 is 0 Å². The highest BCUT2D eigenvalue weighted by atomic mass is 14.9. The van der Waals surface area contributed by atoms with E-state index in [9.17, 15) is 0 Å². The van der Waals surface area contributed by atoms with Gasteiger partial charge in [0.1, 0.15) is 6.33 Å². The zero-order valence-corrected chi connectivity index (χ0v) is 8.19. The van der Waals surface area contributed by atoms with Crippen molar-refractivity contribution in [1.82, 2.24) is 15.3 Å². The van der Waals surface area contributed by atoms with Crippen molar-refractivity contribution >= 4 is 6.08 Å². The van der Waals surface area contributed by atoms with E-state index in [-0.39, 0.29) is 0 Å². The van der Waals surface area contributed by atoms with Crippen molar-refractivity contribution in [1.29, 1.82) is 0 Å². The Hall–Kier alpha value is -1.22. The van der Waals surface area contributed by atoms with Gasteiger partial charge in [-0.25, -0.2) is 9.97 Å². The standard InChI is InChI=1S/C11H15N3/c1(2-10-4-5-12-6-10)3-11-7-13-9-14-8-11/h1,3,7-10,12H,2,4-6H2. The van der Waals surface area contributed by atoms with Gasteiger partial charge in [-0.3, -0.25) is 0 Å². The molecule has 1 saturated heterocycles. The molecule has 1 atom stereocenters. The van der Waals surface area contributed by atoms with Crippen molar-refractivity contribution in [3.05, 3.63) is 30.4 Å². The molecule has 2 heterocycles. The Morgan fingerprint density at radius 3 is 3.00 bits per heavy atom. The van der Waals surface area contributed by atoms with Crippen molar-refractivity contribution in [2.45, 2.75) is 12.8 Å². The fourth-order valence-corrected chi connectivity index (χ4v) is 1.71. The van der Waals surface area contributed by atoms with Crippen LogP contribution in [0.2, 0.25) is 0 Å². The van der Waals surface area contributed by atoms with Gasteiger partial charge in [0.25, 0.3) is 0 Å². The second kappa shape index (κ2) is 4.86. The largest absolute Gasteiger partial charge is 0.316 e. The lowest BCUT2D eigenvalue weighted by Gasteiger charge is -2.01. The van der Waals surface area contributed by atoms with E-state index in [0.29, 0.717) is 0 Å². The Morgan fingerprint density at radius 1 is 1.43 bits per heavy atom. The number of aromatic nitrogens is 2. The molecule has 1 aliphatic rings. The topological polar surface area (TPSA) is 37.8 Å². The molecule has 0 saturated carbocycles. The molecule has 0 spiro atoms. The van der Waals surface area contributed by atoms with Gasteiger partial charge in [-0.15, -0.1) is 0 Å². The van der Waals surface area contributed by atoms with E-state index in [0.717, 1.165) is 24.4 Å². The molecule has 1 aliphatic heterocycles.